The topological polar surface area (TPSA) is 46.2 Å². The molecule has 1 aromatic rings. The summed E-state index contributed by atoms with van der Waals surface area (Å²) in [5.41, 5.74) is 5.77. The number of nitrogen functional groups attached to an aromatic ring is 1. The largest absolute Gasteiger partial charge is 0.506 e. The van der Waals surface area contributed by atoms with Gasteiger partial charge in [0.05, 0.1) is 5.69 Å². The first-order valence-corrected chi connectivity index (χ1v) is 2.86. The number of anilines is 1. The van der Waals surface area contributed by atoms with E-state index < -0.39 is 5.82 Å². The number of benzene rings is 1. The zero-order valence-corrected chi connectivity index (χ0v) is 5.56. The number of aromatic hydroxyl groups is 1. The normalized spacial score (nSPS) is 9.80. The molecule has 0 unspecified atom stereocenters. The Hall–Kier alpha value is -1.25. The summed E-state index contributed by atoms with van der Waals surface area (Å²) in [6.07, 6.45) is 0. The van der Waals surface area contributed by atoms with Crippen LogP contribution in [0, 0.1) is 12.7 Å². The average Bonchev–Trinajstić information content (AvgIpc) is 1.82. The van der Waals surface area contributed by atoms with Crippen molar-refractivity contribution in [3.8, 4) is 5.75 Å². The Balaban J connectivity index is 3.31. The predicted molar refractivity (Wildman–Crippen MR) is 37.2 cm³/mol. The van der Waals surface area contributed by atoms with Gasteiger partial charge in [-0.05, 0) is 18.6 Å². The van der Waals surface area contributed by atoms with Crippen molar-refractivity contribution in [2.45, 2.75) is 6.92 Å². The van der Waals surface area contributed by atoms with Gasteiger partial charge in [0.15, 0.2) is 0 Å². The van der Waals surface area contributed by atoms with Crippen molar-refractivity contribution < 1.29 is 9.50 Å². The number of rotatable bonds is 0. The standard InChI is InChI=1S/C7H8FNO/c1-4-2-5(8)3-6(9)7(4)10/h2-3,10H,9H2,1H3. The van der Waals surface area contributed by atoms with E-state index in [2.05, 4.69) is 0 Å². The number of phenolic OH excluding ortho intramolecular Hbond substituents is 1. The van der Waals surface area contributed by atoms with E-state index in [9.17, 15) is 4.39 Å². The monoisotopic (exact) mass is 141 g/mol. The second kappa shape index (κ2) is 2.17. The first-order valence-electron chi connectivity index (χ1n) is 2.86. The van der Waals surface area contributed by atoms with Gasteiger partial charge in [-0.1, -0.05) is 0 Å². The Kier molecular flexibility index (Phi) is 1.49. The third kappa shape index (κ3) is 1.03. The van der Waals surface area contributed by atoms with Gasteiger partial charge in [0.2, 0.25) is 0 Å². The van der Waals surface area contributed by atoms with Crippen LogP contribution in [0.25, 0.3) is 0 Å². The molecule has 0 spiro atoms. The lowest BCUT2D eigenvalue weighted by molar-refractivity contribution is 0.471. The highest BCUT2D eigenvalue weighted by molar-refractivity contribution is 5.55. The van der Waals surface area contributed by atoms with Crippen LogP contribution >= 0.6 is 0 Å². The SMILES string of the molecule is Cc1cc(F)cc(N)c1O. The fraction of sp³-hybridized carbons (Fsp3) is 0.143. The molecule has 0 aliphatic rings. The zero-order valence-electron chi connectivity index (χ0n) is 5.56. The summed E-state index contributed by atoms with van der Waals surface area (Å²) < 4.78 is 12.4. The Morgan fingerprint density at radius 1 is 1.50 bits per heavy atom. The maximum absolute atomic E-state index is 12.4. The smallest absolute Gasteiger partial charge is 0.141 e. The molecule has 10 heavy (non-hydrogen) atoms. The van der Waals surface area contributed by atoms with E-state index in [1.54, 1.807) is 6.92 Å². The first kappa shape index (κ1) is 6.86. The number of halogens is 1. The van der Waals surface area contributed by atoms with Crippen LogP contribution in [0.2, 0.25) is 0 Å². The van der Waals surface area contributed by atoms with Crippen molar-refractivity contribution in [3.05, 3.63) is 23.5 Å². The van der Waals surface area contributed by atoms with E-state index in [0.29, 0.717) is 5.56 Å². The predicted octanol–water partition coefficient (Wildman–Crippen LogP) is 1.42. The summed E-state index contributed by atoms with van der Waals surface area (Å²) in [4.78, 5) is 0. The molecule has 0 heterocycles. The summed E-state index contributed by atoms with van der Waals surface area (Å²) in [6.45, 7) is 1.59. The second-order valence-electron chi connectivity index (χ2n) is 2.16. The maximum Gasteiger partial charge on any atom is 0.141 e. The summed E-state index contributed by atoms with van der Waals surface area (Å²) in [6, 6.07) is 2.31. The van der Waals surface area contributed by atoms with E-state index in [1.165, 1.54) is 6.07 Å². The lowest BCUT2D eigenvalue weighted by atomic mass is 10.2. The summed E-state index contributed by atoms with van der Waals surface area (Å²) in [5.74, 6) is -0.464. The Morgan fingerprint density at radius 2 is 2.10 bits per heavy atom. The molecule has 1 rings (SSSR count). The van der Waals surface area contributed by atoms with Crippen LogP contribution in [-0.4, -0.2) is 5.11 Å². The van der Waals surface area contributed by atoms with E-state index in [-0.39, 0.29) is 11.4 Å². The summed E-state index contributed by atoms with van der Waals surface area (Å²) in [7, 11) is 0. The summed E-state index contributed by atoms with van der Waals surface area (Å²) >= 11 is 0. The molecule has 3 N–H and O–H groups in total. The molecule has 0 fully saturated rings. The average molecular weight is 141 g/mol. The molecular formula is C7H8FNO. The van der Waals surface area contributed by atoms with Gasteiger partial charge in [0.1, 0.15) is 11.6 Å². The van der Waals surface area contributed by atoms with Crippen molar-refractivity contribution in [3.63, 3.8) is 0 Å². The molecule has 0 aliphatic heterocycles. The van der Waals surface area contributed by atoms with Gasteiger partial charge in [-0.2, -0.15) is 0 Å². The van der Waals surface area contributed by atoms with Crippen molar-refractivity contribution in [2.24, 2.45) is 0 Å². The molecule has 54 valence electrons. The minimum atomic E-state index is -0.423. The highest BCUT2D eigenvalue weighted by atomic mass is 19.1. The van der Waals surface area contributed by atoms with Crippen molar-refractivity contribution in [1.29, 1.82) is 0 Å². The molecule has 2 nitrogen and oxygen atoms in total. The highest BCUT2D eigenvalue weighted by Crippen LogP contribution is 2.24. The van der Waals surface area contributed by atoms with Crippen molar-refractivity contribution in [1.82, 2.24) is 0 Å². The molecule has 0 radical (unpaired) electrons. The highest BCUT2D eigenvalue weighted by Gasteiger charge is 2.01. The molecule has 0 saturated heterocycles. The van der Waals surface area contributed by atoms with Gasteiger partial charge in [-0.25, -0.2) is 4.39 Å². The fourth-order valence-corrected chi connectivity index (χ4v) is 0.761. The van der Waals surface area contributed by atoms with Gasteiger partial charge in [0, 0.05) is 6.07 Å². The second-order valence-corrected chi connectivity index (χ2v) is 2.16. The first-order chi connectivity index (χ1) is 4.61. The lowest BCUT2D eigenvalue weighted by Crippen LogP contribution is -1.89. The van der Waals surface area contributed by atoms with Gasteiger partial charge >= 0.3 is 0 Å². The summed E-state index contributed by atoms with van der Waals surface area (Å²) in [5, 5.41) is 9.04. The number of hydrogen-bond donors (Lipinski definition) is 2. The van der Waals surface area contributed by atoms with Crippen LogP contribution in [0.15, 0.2) is 12.1 Å². The third-order valence-corrected chi connectivity index (χ3v) is 1.29. The van der Waals surface area contributed by atoms with E-state index in [1.807, 2.05) is 0 Å². The number of aryl methyl sites for hydroxylation is 1. The molecule has 0 amide bonds. The lowest BCUT2D eigenvalue weighted by Gasteiger charge is -2.01. The Labute approximate surface area is 58.1 Å². The molecule has 0 aromatic heterocycles. The minimum absolute atomic E-state index is 0.0404. The maximum atomic E-state index is 12.4. The number of nitrogens with two attached hydrogens (primary N) is 1. The van der Waals surface area contributed by atoms with E-state index >= 15 is 0 Å². The van der Waals surface area contributed by atoms with Crippen molar-refractivity contribution >= 4 is 5.69 Å². The third-order valence-electron chi connectivity index (χ3n) is 1.29. The van der Waals surface area contributed by atoms with Crippen LogP contribution in [0.1, 0.15) is 5.56 Å². The van der Waals surface area contributed by atoms with E-state index in [4.69, 9.17) is 10.8 Å². The van der Waals surface area contributed by atoms with Crippen LogP contribution in [0.5, 0.6) is 5.75 Å². The minimum Gasteiger partial charge on any atom is -0.506 e. The number of phenols is 1. The van der Waals surface area contributed by atoms with Crippen molar-refractivity contribution in [2.75, 3.05) is 5.73 Å². The molecule has 0 aliphatic carbocycles. The molecule has 0 saturated carbocycles. The van der Waals surface area contributed by atoms with Gasteiger partial charge < -0.3 is 10.8 Å². The Bertz CT molecular complexity index is 237. The van der Waals surface area contributed by atoms with Crippen LogP contribution in [0.4, 0.5) is 10.1 Å². The fourth-order valence-electron chi connectivity index (χ4n) is 0.761. The molecule has 1 aromatic carbocycles. The molecule has 0 atom stereocenters. The van der Waals surface area contributed by atoms with Crippen LogP contribution in [-0.2, 0) is 0 Å². The quantitative estimate of drug-likeness (QED) is 0.424. The number of hydrogen-bond acceptors (Lipinski definition) is 2. The van der Waals surface area contributed by atoms with Crippen LogP contribution in [0.3, 0.4) is 0 Å². The molecule has 3 heteroatoms. The van der Waals surface area contributed by atoms with Gasteiger partial charge in [0.25, 0.3) is 0 Å². The Morgan fingerprint density at radius 3 is 2.60 bits per heavy atom. The molecule has 0 bridgehead atoms. The van der Waals surface area contributed by atoms with Gasteiger partial charge in [-0.15, -0.1) is 0 Å². The van der Waals surface area contributed by atoms with E-state index in [0.717, 1.165) is 6.07 Å². The van der Waals surface area contributed by atoms with Gasteiger partial charge in [-0.3, -0.25) is 0 Å². The van der Waals surface area contributed by atoms with Crippen LogP contribution < -0.4 is 5.73 Å². The molecular weight excluding hydrogens is 133 g/mol. The zero-order chi connectivity index (χ0) is 7.72.